The Hall–Kier alpha value is -3.74. The van der Waals surface area contributed by atoms with E-state index < -0.39 is 44.3 Å². The molecule has 2 aliphatic heterocycles. The van der Waals surface area contributed by atoms with Crippen molar-refractivity contribution in [1.82, 2.24) is 19.2 Å². The fraction of sp³-hybridized carbons (Fsp3) is 0.571. The molecule has 2 amide bonds. The van der Waals surface area contributed by atoms with E-state index in [1.807, 2.05) is 42.5 Å². The van der Waals surface area contributed by atoms with Gasteiger partial charge in [0.2, 0.25) is 27.1 Å². The number of Topliss-reactive ketones (excluding diaryl/α,β-unsaturated/α-hetero) is 1. The Morgan fingerprint density at radius 3 is 2.44 bits per heavy atom. The maximum absolute atomic E-state index is 13.8. The normalized spacial score (nSPS) is 27.3. The highest BCUT2D eigenvalue weighted by atomic mass is 35.5. The van der Waals surface area contributed by atoms with Crippen molar-refractivity contribution in [3.63, 3.8) is 0 Å². The van der Waals surface area contributed by atoms with Crippen LogP contribution in [0.4, 0.5) is 5.69 Å². The highest BCUT2D eigenvalue weighted by Gasteiger charge is 2.62. The van der Waals surface area contributed by atoms with Gasteiger partial charge in [0.1, 0.15) is 6.04 Å². The summed E-state index contributed by atoms with van der Waals surface area (Å²) < 4.78 is 29.1. The molecule has 55 heavy (non-hydrogen) atoms. The third kappa shape index (κ3) is 8.97. The van der Waals surface area contributed by atoms with Crippen LogP contribution in [0.15, 0.2) is 60.7 Å². The molecule has 2 aliphatic carbocycles. The molecule has 0 spiro atoms. The van der Waals surface area contributed by atoms with Gasteiger partial charge >= 0.3 is 0 Å². The molecule has 5 atom stereocenters. The van der Waals surface area contributed by atoms with Crippen molar-refractivity contribution < 1.29 is 27.9 Å². The molecular formula is C42H56ClN5O6S. The van der Waals surface area contributed by atoms with Gasteiger partial charge in [-0.3, -0.25) is 19.1 Å². The van der Waals surface area contributed by atoms with Gasteiger partial charge in [0.15, 0.2) is 5.78 Å². The van der Waals surface area contributed by atoms with Crippen LogP contribution in [-0.2, 0) is 24.4 Å². The van der Waals surface area contributed by atoms with Crippen LogP contribution in [0.1, 0.15) is 116 Å². The molecule has 0 unspecified atom stereocenters. The average Bonchev–Trinajstić information content (AvgIpc) is 3.97. The molecule has 13 heteroatoms. The lowest BCUT2D eigenvalue weighted by molar-refractivity contribution is -0.139. The molecule has 0 radical (unpaired) electrons. The first-order valence-electron chi connectivity index (χ1n) is 19.8. The molecule has 11 nitrogen and oxygen atoms in total. The number of sulfonamides is 1. The van der Waals surface area contributed by atoms with Crippen LogP contribution < -0.4 is 10.0 Å². The molecule has 2 saturated carbocycles. The quantitative estimate of drug-likeness (QED) is 0.211. The second-order valence-corrected chi connectivity index (χ2v) is 19.3. The summed E-state index contributed by atoms with van der Waals surface area (Å²) >= 11 is 6.15. The number of carbonyl (C=O) groups is 3. The predicted molar refractivity (Wildman–Crippen MR) is 216 cm³/mol. The van der Waals surface area contributed by atoms with Gasteiger partial charge in [-0.1, -0.05) is 63.1 Å². The Kier molecular flexibility index (Phi) is 12.2. The van der Waals surface area contributed by atoms with E-state index in [-0.39, 0.29) is 37.0 Å². The van der Waals surface area contributed by atoms with Gasteiger partial charge in [0.05, 0.1) is 33.3 Å². The van der Waals surface area contributed by atoms with Gasteiger partial charge in [-0.2, -0.15) is 0 Å². The Labute approximate surface area is 330 Å². The number of benzene rings is 2. The highest BCUT2D eigenvalue weighted by Crippen LogP contribution is 2.57. The number of nitrogens with zero attached hydrogens (tertiary/aromatic N) is 3. The predicted octanol–water partition coefficient (Wildman–Crippen LogP) is 7.31. The first-order valence-corrected chi connectivity index (χ1v) is 21.6. The van der Waals surface area contributed by atoms with Crippen LogP contribution in [0.5, 0.6) is 0 Å². The number of aromatic nitrogens is 2. The third-order valence-electron chi connectivity index (χ3n) is 11.8. The number of imidazole rings is 1. The molecule has 1 saturated heterocycles. The van der Waals surface area contributed by atoms with E-state index in [9.17, 15) is 27.9 Å². The summed E-state index contributed by atoms with van der Waals surface area (Å²) in [5, 5.41) is 14.4. The van der Waals surface area contributed by atoms with Gasteiger partial charge in [-0.25, -0.2) is 13.4 Å². The number of rotatable bonds is 7. The molecule has 3 heterocycles. The van der Waals surface area contributed by atoms with Crippen molar-refractivity contribution >= 4 is 55.9 Å². The fourth-order valence-corrected chi connectivity index (χ4v) is 9.60. The van der Waals surface area contributed by atoms with E-state index in [1.165, 1.54) is 10.5 Å². The Morgan fingerprint density at radius 2 is 1.76 bits per heavy atom. The minimum absolute atomic E-state index is 0.0530. The second-order valence-electron chi connectivity index (χ2n) is 16.8. The standard InChI is InChI=1S/C29H39N3O6S.C13H17ClN2/c1-28(14-15-28)39(37,38)31-27(36)29-17-20(29)10-6-3-2-4-9-13-23(30-21-11-7-5-8-12-21)26(35)32-19-22(33)16-24(32)25(34)18-29;1-8(2)10-5-6-12-11(7-10)15-13(14)16(12)9(3)4/h5-8,10-12,20,22-24,30,33H,2-4,9,13-19H2,1H3,(H,31,36);5-9H,1-4H3/b10-6-;/t20-,22-,23+,24+,29-;/m1./s1. The van der Waals surface area contributed by atoms with Crippen LogP contribution in [0, 0.1) is 11.3 Å². The van der Waals surface area contributed by atoms with E-state index in [0.717, 1.165) is 42.4 Å². The van der Waals surface area contributed by atoms with Crippen molar-refractivity contribution in [3.8, 4) is 0 Å². The van der Waals surface area contributed by atoms with E-state index >= 15 is 0 Å². The zero-order chi connectivity index (χ0) is 39.7. The summed E-state index contributed by atoms with van der Waals surface area (Å²) in [6.07, 6.45) is 8.53. The minimum atomic E-state index is -3.85. The highest BCUT2D eigenvalue weighted by molar-refractivity contribution is 7.91. The molecule has 7 rings (SSSR count). The van der Waals surface area contributed by atoms with Crippen LogP contribution in [0.2, 0.25) is 5.28 Å². The number of hydrogen-bond acceptors (Lipinski definition) is 8. The maximum atomic E-state index is 13.8. The molecular weight excluding hydrogens is 738 g/mol. The first-order chi connectivity index (χ1) is 26.0. The summed E-state index contributed by atoms with van der Waals surface area (Å²) in [6.45, 7) is 10.3. The minimum Gasteiger partial charge on any atom is -0.391 e. The van der Waals surface area contributed by atoms with E-state index in [4.69, 9.17) is 11.6 Å². The van der Waals surface area contributed by atoms with Crippen molar-refractivity contribution in [2.45, 2.75) is 134 Å². The average molecular weight is 794 g/mol. The summed E-state index contributed by atoms with van der Waals surface area (Å²) in [5.74, 6) is -0.904. The topological polar surface area (TPSA) is 151 Å². The molecule has 3 aromatic rings. The van der Waals surface area contributed by atoms with Crippen molar-refractivity contribution in [1.29, 1.82) is 0 Å². The number of aliphatic hydroxyl groups excluding tert-OH is 1. The summed E-state index contributed by atoms with van der Waals surface area (Å²) in [4.78, 5) is 46.9. The van der Waals surface area contributed by atoms with Crippen LogP contribution in [-0.4, -0.2) is 75.1 Å². The molecule has 3 fully saturated rings. The number of halogens is 1. The van der Waals surface area contributed by atoms with Crippen LogP contribution in [0.3, 0.4) is 0 Å². The first kappa shape index (κ1) is 40.9. The molecule has 2 aromatic carbocycles. The van der Waals surface area contributed by atoms with Crippen molar-refractivity contribution in [2.75, 3.05) is 11.9 Å². The van der Waals surface area contributed by atoms with Gasteiger partial charge in [-0.15, -0.1) is 0 Å². The maximum Gasteiger partial charge on any atom is 0.245 e. The number of nitrogens with one attached hydrogen (secondary N) is 2. The summed E-state index contributed by atoms with van der Waals surface area (Å²) in [5.41, 5.74) is 3.06. The lowest BCUT2D eigenvalue weighted by atomic mass is 9.91. The molecule has 1 aromatic heterocycles. The Morgan fingerprint density at radius 1 is 1.04 bits per heavy atom. The zero-order valence-electron chi connectivity index (χ0n) is 32.6. The third-order valence-corrected chi connectivity index (χ3v) is 14.3. The van der Waals surface area contributed by atoms with Gasteiger partial charge in [-0.05, 0) is 113 Å². The number of fused-ring (bicyclic) bond motifs is 3. The number of anilines is 1. The van der Waals surface area contributed by atoms with E-state index in [2.05, 4.69) is 65.5 Å². The molecule has 298 valence electrons. The number of amides is 2. The van der Waals surface area contributed by atoms with Crippen LogP contribution in [0.25, 0.3) is 11.0 Å². The fourth-order valence-electron chi connectivity index (χ4n) is 7.89. The number of para-hydroxylation sites is 1. The second kappa shape index (κ2) is 16.4. The Bertz CT molecular complexity index is 2030. The lowest BCUT2D eigenvalue weighted by Gasteiger charge is -2.30. The molecule has 3 N–H and O–H groups in total. The molecule has 4 aliphatic rings. The number of carbonyl (C=O) groups excluding carboxylic acids is 3. The monoisotopic (exact) mass is 793 g/mol. The van der Waals surface area contributed by atoms with E-state index in [0.29, 0.717) is 42.9 Å². The van der Waals surface area contributed by atoms with Gasteiger partial charge in [0, 0.05) is 31.1 Å². The van der Waals surface area contributed by atoms with Gasteiger partial charge < -0.3 is 19.9 Å². The van der Waals surface area contributed by atoms with Crippen LogP contribution >= 0.6 is 11.6 Å². The Balaban J connectivity index is 0.000000268. The van der Waals surface area contributed by atoms with Crippen molar-refractivity contribution in [3.05, 3.63) is 71.5 Å². The zero-order valence-corrected chi connectivity index (χ0v) is 34.2. The largest absolute Gasteiger partial charge is 0.391 e. The van der Waals surface area contributed by atoms with E-state index in [1.54, 1.807) is 6.92 Å². The summed E-state index contributed by atoms with van der Waals surface area (Å²) in [6, 6.07) is 14.8. The smallest absolute Gasteiger partial charge is 0.245 e. The lowest BCUT2D eigenvalue weighted by Crippen LogP contribution is -2.49. The number of hydrogen-bond donors (Lipinski definition) is 3. The SMILES string of the molecule is CC(C)c1ccc2c(c1)nc(Cl)n2C(C)C.CC1(S(=O)(=O)NC(=O)[C@]23CC(=O)[C@@H]4C[C@@H](O)CN4C(=O)[C@@H](Nc4ccccc4)CCCCC/C=C\[C@@H]2C3)CC1. The molecule has 0 bridgehead atoms. The number of allylic oxidation sites excluding steroid dienone is 2. The number of aliphatic hydroxyl groups is 1. The van der Waals surface area contributed by atoms with Gasteiger partial charge in [0.25, 0.3) is 0 Å². The van der Waals surface area contributed by atoms with Crippen molar-refractivity contribution in [2.24, 2.45) is 11.3 Å². The summed E-state index contributed by atoms with van der Waals surface area (Å²) in [7, 11) is -3.85. The number of ketones is 1.